The number of nitrogens with two attached hydrogens (primary N) is 1. The molecule has 5 N–H and O–H groups in total. The minimum absolute atomic E-state index is 0.176. The fraction of sp³-hybridized carbons (Fsp3) is 0.333. The van der Waals surface area contributed by atoms with E-state index in [1.807, 2.05) is 0 Å². The molecule has 1 rings (SSSR count). The van der Waals surface area contributed by atoms with Gasteiger partial charge in [0, 0.05) is 12.5 Å². The van der Waals surface area contributed by atoms with Gasteiger partial charge < -0.3 is 21.1 Å². The molecule has 0 saturated heterocycles. The molecule has 1 aliphatic carbocycles. The van der Waals surface area contributed by atoms with Crippen LogP contribution in [0.5, 0.6) is 0 Å². The Morgan fingerprint density at radius 2 is 2.00 bits per heavy atom. The van der Waals surface area contributed by atoms with Crippen LogP contribution in [0.3, 0.4) is 0 Å². The lowest BCUT2D eigenvalue weighted by Gasteiger charge is -2.13. The van der Waals surface area contributed by atoms with Crippen LogP contribution < -0.4 is 5.73 Å². The predicted molar refractivity (Wildman–Crippen MR) is 35.6 cm³/mol. The van der Waals surface area contributed by atoms with Crippen molar-refractivity contribution in [1.82, 2.24) is 0 Å². The van der Waals surface area contributed by atoms with Gasteiger partial charge in [-0.1, -0.05) is 0 Å². The van der Waals surface area contributed by atoms with Crippen LogP contribution in [0.15, 0.2) is 23.4 Å². The highest BCUT2D eigenvalue weighted by atomic mass is 16.3. The highest BCUT2D eigenvalue weighted by molar-refractivity contribution is 5.27. The Balaban J connectivity index is 2.90. The van der Waals surface area contributed by atoms with Crippen LogP contribution in [0.1, 0.15) is 6.42 Å². The SMILES string of the molecule is NC1C=C(O)C(O)=C(O)C1. The molecule has 1 atom stereocenters. The molecule has 0 bridgehead atoms. The van der Waals surface area contributed by atoms with E-state index < -0.39 is 11.8 Å². The van der Waals surface area contributed by atoms with Crippen LogP contribution in [0.4, 0.5) is 0 Å². The van der Waals surface area contributed by atoms with Crippen molar-refractivity contribution in [2.24, 2.45) is 5.73 Å². The highest BCUT2D eigenvalue weighted by Crippen LogP contribution is 2.18. The van der Waals surface area contributed by atoms with E-state index in [2.05, 4.69) is 0 Å². The molecule has 0 aromatic carbocycles. The second-order valence-corrected chi connectivity index (χ2v) is 2.22. The summed E-state index contributed by atoms with van der Waals surface area (Å²) in [6.07, 6.45) is 1.46. The largest absolute Gasteiger partial charge is 0.508 e. The standard InChI is InChI=1S/C6H9NO3/c7-3-1-4(8)6(10)5(9)2-3/h1,3,8-10H,2,7H2. The van der Waals surface area contributed by atoms with Gasteiger partial charge in [-0.25, -0.2) is 0 Å². The smallest absolute Gasteiger partial charge is 0.195 e. The summed E-state index contributed by atoms with van der Waals surface area (Å²) >= 11 is 0. The van der Waals surface area contributed by atoms with Crippen molar-refractivity contribution in [2.75, 3.05) is 0 Å². The van der Waals surface area contributed by atoms with Crippen LogP contribution in [-0.2, 0) is 0 Å². The Morgan fingerprint density at radius 3 is 2.50 bits per heavy atom. The lowest BCUT2D eigenvalue weighted by molar-refractivity contribution is 0.262. The summed E-state index contributed by atoms with van der Waals surface area (Å²) in [5, 5.41) is 26.5. The summed E-state index contributed by atoms with van der Waals surface area (Å²) in [4.78, 5) is 0. The first-order chi connectivity index (χ1) is 4.61. The lowest BCUT2D eigenvalue weighted by atomic mass is 10.1. The molecule has 10 heavy (non-hydrogen) atoms. The Bertz CT molecular complexity index is 207. The topological polar surface area (TPSA) is 86.7 Å². The molecule has 0 fully saturated rings. The molecule has 1 unspecified atom stereocenters. The Kier molecular flexibility index (Phi) is 1.55. The van der Waals surface area contributed by atoms with Crippen LogP contribution in [0, 0.1) is 0 Å². The van der Waals surface area contributed by atoms with Crippen LogP contribution in [0.25, 0.3) is 0 Å². The maximum absolute atomic E-state index is 8.87. The minimum atomic E-state index is -0.471. The molecule has 4 heteroatoms. The molecule has 0 amide bonds. The molecule has 56 valence electrons. The molecule has 0 aliphatic heterocycles. The minimum Gasteiger partial charge on any atom is -0.508 e. The fourth-order valence-corrected chi connectivity index (χ4v) is 0.808. The maximum atomic E-state index is 8.87. The van der Waals surface area contributed by atoms with Gasteiger partial charge in [0.05, 0.1) is 0 Å². The Labute approximate surface area is 57.9 Å². The summed E-state index contributed by atoms with van der Waals surface area (Å²) in [5.41, 5.74) is 5.34. The molecule has 0 aromatic rings. The van der Waals surface area contributed by atoms with E-state index in [1.54, 1.807) is 0 Å². The lowest BCUT2D eigenvalue weighted by Crippen LogP contribution is -2.22. The molecule has 0 radical (unpaired) electrons. The van der Waals surface area contributed by atoms with E-state index in [4.69, 9.17) is 21.1 Å². The summed E-state index contributed by atoms with van der Waals surface area (Å²) < 4.78 is 0. The first-order valence-electron chi connectivity index (χ1n) is 2.89. The fourth-order valence-electron chi connectivity index (χ4n) is 0.808. The number of hydrogen-bond donors (Lipinski definition) is 4. The molecular weight excluding hydrogens is 134 g/mol. The van der Waals surface area contributed by atoms with Crippen molar-refractivity contribution in [2.45, 2.75) is 12.5 Å². The molecule has 0 saturated carbocycles. The third-order valence-corrected chi connectivity index (χ3v) is 1.32. The first-order valence-corrected chi connectivity index (χ1v) is 2.89. The maximum Gasteiger partial charge on any atom is 0.195 e. The van der Waals surface area contributed by atoms with E-state index >= 15 is 0 Å². The first kappa shape index (κ1) is 6.95. The van der Waals surface area contributed by atoms with Crippen molar-refractivity contribution in [3.8, 4) is 0 Å². The van der Waals surface area contributed by atoms with Crippen LogP contribution in [0.2, 0.25) is 0 Å². The van der Waals surface area contributed by atoms with Gasteiger partial charge >= 0.3 is 0 Å². The van der Waals surface area contributed by atoms with Crippen LogP contribution in [-0.4, -0.2) is 21.4 Å². The van der Waals surface area contributed by atoms with Gasteiger partial charge in [0.25, 0.3) is 0 Å². The highest BCUT2D eigenvalue weighted by Gasteiger charge is 2.17. The zero-order valence-corrected chi connectivity index (χ0v) is 5.28. The third kappa shape index (κ3) is 1.06. The van der Waals surface area contributed by atoms with Gasteiger partial charge in [-0.2, -0.15) is 0 Å². The van der Waals surface area contributed by atoms with Gasteiger partial charge in [0.2, 0.25) is 0 Å². The zero-order valence-electron chi connectivity index (χ0n) is 5.28. The summed E-state index contributed by atoms with van der Waals surface area (Å²) in [6.45, 7) is 0. The van der Waals surface area contributed by atoms with Gasteiger partial charge in [-0.15, -0.1) is 0 Å². The number of aliphatic hydroxyl groups is 3. The number of hydrogen-bond acceptors (Lipinski definition) is 4. The van der Waals surface area contributed by atoms with Gasteiger partial charge in [-0.3, -0.25) is 0 Å². The van der Waals surface area contributed by atoms with Gasteiger partial charge in [0.15, 0.2) is 11.5 Å². The van der Waals surface area contributed by atoms with E-state index in [0.29, 0.717) is 0 Å². The molecule has 0 aromatic heterocycles. The number of aliphatic hydroxyl groups excluding tert-OH is 3. The van der Waals surface area contributed by atoms with E-state index in [-0.39, 0.29) is 17.9 Å². The molecular formula is C6H9NO3. The predicted octanol–water partition coefficient (Wildman–Crippen LogP) is 0.487. The average Bonchev–Trinajstić information content (AvgIpc) is 1.82. The van der Waals surface area contributed by atoms with Crippen molar-refractivity contribution < 1.29 is 15.3 Å². The molecule has 0 spiro atoms. The average molecular weight is 143 g/mol. The van der Waals surface area contributed by atoms with E-state index in [1.165, 1.54) is 6.08 Å². The van der Waals surface area contributed by atoms with Crippen molar-refractivity contribution in [3.05, 3.63) is 23.4 Å². The van der Waals surface area contributed by atoms with E-state index in [9.17, 15) is 0 Å². The van der Waals surface area contributed by atoms with Crippen molar-refractivity contribution in [1.29, 1.82) is 0 Å². The normalized spacial score (nSPS) is 26.5. The van der Waals surface area contributed by atoms with Gasteiger partial charge in [0.1, 0.15) is 5.76 Å². The Morgan fingerprint density at radius 1 is 1.40 bits per heavy atom. The van der Waals surface area contributed by atoms with Crippen molar-refractivity contribution >= 4 is 0 Å². The monoisotopic (exact) mass is 143 g/mol. The summed E-state index contributed by atoms with van der Waals surface area (Å²) in [6, 6.07) is -0.407. The van der Waals surface area contributed by atoms with Gasteiger partial charge in [-0.05, 0) is 6.08 Å². The third-order valence-electron chi connectivity index (χ3n) is 1.32. The van der Waals surface area contributed by atoms with Crippen molar-refractivity contribution in [3.63, 3.8) is 0 Å². The summed E-state index contributed by atoms with van der Waals surface area (Å²) in [5.74, 6) is -1.08. The molecule has 4 nitrogen and oxygen atoms in total. The van der Waals surface area contributed by atoms with E-state index in [0.717, 1.165) is 0 Å². The molecule has 0 heterocycles. The molecule has 1 aliphatic rings. The van der Waals surface area contributed by atoms with Crippen LogP contribution >= 0.6 is 0 Å². The Hall–Kier alpha value is -1.16. The second kappa shape index (κ2) is 2.22. The zero-order chi connectivity index (χ0) is 7.72. The summed E-state index contributed by atoms with van der Waals surface area (Å²) in [7, 11) is 0. The second-order valence-electron chi connectivity index (χ2n) is 2.22. The number of rotatable bonds is 0. The quantitative estimate of drug-likeness (QED) is 0.397.